The van der Waals surface area contributed by atoms with Crippen molar-refractivity contribution in [2.24, 2.45) is 5.92 Å². The SMILES string of the molecule is CC(C)C(=O)NS(=O)(=O)CCOc1ccccc1. The van der Waals surface area contributed by atoms with Gasteiger partial charge in [0, 0.05) is 5.92 Å². The van der Waals surface area contributed by atoms with Crippen LogP contribution < -0.4 is 9.46 Å². The number of benzene rings is 1. The van der Waals surface area contributed by atoms with Gasteiger partial charge in [0.25, 0.3) is 0 Å². The van der Waals surface area contributed by atoms with Crippen molar-refractivity contribution >= 4 is 15.9 Å². The number of carbonyl (C=O) groups is 1. The minimum Gasteiger partial charge on any atom is -0.492 e. The van der Waals surface area contributed by atoms with Crippen molar-refractivity contribution in [2.45, 2.75) is 13.8 Å². The van der Waals surface area contributed by atoms with Crippen LogP contribution in [0.25, 0.3) is 0 Å². The van der Waals surface area contributed by atoms with Crippen molar-refractivity contribution in [2.75, 3.05) is 12.4 Å². The zero-order valence-electron chi connectivity index (χ0n) is 10.4. The number of amides is 1. The summed E-state index contributed by atoms with van der Waals surface area (Å²) in [5.41, 5.74) is 0. The largest absolute Gasteiger partial charge is 0.492 e. The maximum Gasteiger partial charge on any atom is 0.238 e. The fourth-order valence-electron chi connectivity index (χ4n) is 1.11. The van der Waals surface area contributed by atoms with Gasteiger partial charge in [-0.25, -0.2) is 8.42 Å². The maximum atomic E-state index is 11.5. The molecular formula is C12H17NO4S. The van der Waals surface area contributed by atoms with Gasteiger partial charge in [0.15, 0.2) is 0 Å². The zero-order valence-corrected chi connectivity index (χ0v) is 11.2. The third-order valence-electron chi connectivity index (χ3n) is 2.14. The quantitative estimate of drug-likeness (QED) is 0.843. The highest BCUT2D eigenvalue weighted by molar-refractivity contribution is 7.90. The zero-order chi connectivity index (χ0) is 13.6. The molecule has 0 saturated carbocycles. The van der Waals surface area contributed by atoms with Crippen molar-refractivity contribution in [1.82, 2.24) is 4.72 Å². The molecule has 0 spiro atoms. The molecule has 1 N–H and O–H groups in total. The summed E-state index contributed by atoms with van der Waals surface area (Å²) >= 11 is 0. The van der Waals surface area contributed by atoms with E-state index < -0.39 is 15.9 Å². The van der Waals surface area contributed by atoms with Crippen LogP contribution in [0.3, 0.4) is 0 Å². The first-order chi connectivity index (χ1) is 8.41. The summed E-state index contributed by atoms with van der Waals surface area (Å²) in [6.45, 7) is 3.27. The lowest BCUT2D eigenvalue weighted by molar-refractivity contribution is -0.122. The molecule has 0 radical (unpaired) electrons. The van der Waals surface area contributed by atoms with Crippen LogP contribution in [0.2, 0.25) is 0 Å². The molecule has 100 valence electrons. The first-order valence-corrected chi connectivity index (χ1v) is 7.28. The second-order valence-electron chi connectivity index (χ2n) is 4.10. The van der Waals surface area contributed by atoms with Crippen molar-refractivity contribution in [3.05, 3.63) is 30.3 Å². The van der Waals surface area contributed by atoms with Crippen LogP contribution in [0.4, 0.5) is 0 Å². The minimum atomic E-state index is -3.62. The second-order valence-corrected chi connectivity index (χ2v) is 5.94. The maximum absolute atomic E-state index is 11.5. The van der Waals surface area contributed by atoms with E-state index in [1.807, 2.05) is 10.8 Å². The topological polar surface area (TPSA) is 72.5 Å². The third kappa shape index (κ3) is 5.18. The number of para-hydroxylation sites is 1. The van der Waals surface area contributed by atoms with Crippen LogP contribution in [0.5, 0.6) is 5.75 Å². The minimum absolute atomic E-state index is 0.00468. The summed E-state index contributed by atoms with van der Waals surface area (Å²) in [5, 5.41) is 0. The molecule has 1 aromatic rings. The highest BCUT2D eigenvalue weighted by Crippen LogP contribution is 2.08. The van der Waals surface area contributed by atoms with E-state index in [1.165, 1.54) is 0 Å². The van der Waals surface area contributed by atoms with E-state index in [-0.39, 0.29) is 18.3 Å². The van der Waals surface area contributed by atoms with Gasteiger partial charge >= 0.3 is 0 Å². The molecule has 1 amide bonds. The number of hydrogen-bond donors (Lipinski definition) is 1. The molecule has 6 heteroatoms. The Balaban J connectivity index is 2.41. The molecule has 0 aliphatic heterocycles. The fraction of sp³-hybridized carbons (Fsp3) is 0.417. The van der Waals surface area contributed by atoms with Crippen LogP contribution in [0.15, 0.2) is 30.3 Å². The summed E-state index contributed by atoms with van der Waals surface area (Å²) in [6, 6.07) is 8.90. The first-order valence-electron chi connectivity index (χ1n) is 5.63. The predicted octanol–water partition coefficient (Wildman–Crippen LogP) is 1.17. The van der Waals surface area contributed by atoms with Crippen molar-refractivity contribution < 1.29 is 17.9 Å². The van der Waals surface area contributed by atoms with Crippen LogP contribution in [0.1, 0.15) is 13.8 Å². The molecule has 0 aliphatic carbocycles. The van der Waals surface area contributed by atoms with E-state index in [2.05, 4.69) is 0 Å². The first kappa shape index (κ1) is 14.5. The number of rotatable bonds is 6. The fourth-order valence-corrected chi connectivity index (χ4v) is 2.06. The summed E-state index contributed by atoms with van der Waals surface area (Å²) in [7, 11) is -3.62. The van der Waals surface area contributed by atoms with Gasteiger partial charge in [-0.1, -0.05) is 32.0 Å². The molecule has 0 fully saturated rings. The Kier molecular flexibility index (Phi) is 5.15. The van der Waals surface area contributed by atoms with Crippen LogP contribution >= 0.6 is 0 Å². The highest BCUT2D eigenvalue weighted by atomic mass is 32.2. The van der Waals surface area contributed by atoms with E-state index >= 15 is 0 Å². The molecule has 0 aliphatic rings. The van der Waals surface area contributed by atoms with Crippen LogP contribution in [0, 0.1) is 5.92 Å². The number of hydrogen-bond acceptors (Lipinski definition) is 4. The average molecular weight is 271 g/mol. The Hall–Kier alpha value is -1.56. The smallest absolute Gasteiger partial charge is 0.238 e. The molecule has 0 unspecified atom stereocenters. The lowest BCUT2D eigenvalue weighted by Gasteiger charge is -2.09. The summed E-state index contributed by atoms with van der Waals surface area (Å²) < 4.78 is 30.3. The molecule has 1 rings (SSSR count). The molecule has 5 nitrogen and oxygen atoms in total. The number of sulfonamides is 1. The van der Waals surface area contributed by atoms with Gasteiger partial charge in [-0.2, -0.15) is 0 Å². The Morgan fingerprint density at radius 1 is 1.28 bits per heavy atom. The number of ether oxygens (including phenoxy) is 1. The molecule has 0 heterocycles. The third-order valence-corrected chi connectivity index (χ3v) is 3.36. The van der Waals surface area contributed by atoms with E-state index in [0.717, 1.165) is 0 Å². The molecule has 0 saturated heterocycles. The van der Waals surface area contributed by atoms with Gasteiger partial charge < -0.3 is 4.74 Å². The number of nitrogens with one attached hydrogen (secondary N) is 1. The molecule has 18 heavy (non-hydrogen) atoms. The van der Waals surface area contributed by atoms with E-state index in [0.29, 0.717) is 5.75 Å². The van der Waals surface area contributed by atoms with Gasteiger partial charge in [-0.3, -0.25) is 9.52 Å². The standard InChI is InChI=1S/C12H17NO4S/c1-10(2)12(14)13-18(15,16)9-8-17-11-6-4-3-5-7-11/h3-7,10H,8-9H2,1-2H3,(H,13,14). The molecular weight excluding hydrogens is 254 g/mol. The Morgan fingerprint density at radius 2 is 1.89 bits per heavy atom. The van der Waals surface area contributed by atoms with Gasteiger partial charge in [0.2, 0.25) is 15.9 Å². The molecule has 0 bridgehead atoms. The number of carbonyl (C=O) groups excluding carboxylic acids is 1. The van der Waals surface area contributed by atoms with E-state index in [4.69, 9.17) is 4.74 Å². The summed E-state index contributed by atoms with van der Waals surface area (Å²) in [5.74, 6) is -0.521. The molecule has 1 aromatic carbocycles. The molecule has 0 atom stereocenters. The predicted molar refractivity (Wildman–Crippen MR) is 68.7 cm³/mol. The Morgan fingerprint density at radius 3 is 2.44 bits per heavy atom. The van der Waals surface area contributed by atoms with Crippen molar-refractivity contribution in [3.8, 4) is 5.75 Å². The van der Waals surface area contributed by atoms with Crippen LogP contribution in [-0.2, 0) is 14.8 Å². The summed E-state index contributed by atoms with van der Waals surface area (Å²) in [4.78, 5) is 11.3. The van der Waals surface area contributed by atoms with Crippen LogP contribution in [-0.4, -0.2) is 26.7 Å². The van der Waals surface area contributed by atoms with Gasteiger partial charge in [0.1, 0.15) is 18.1 Å². The van der Waals surface area contributed by atoms with Gasteiger partial charge in [0.05, 0.1) is 0 Å². The van der Waals surface area contributed by atoms with Gasteiger partial charge in [-0.05, 0) is 12.1 Å². The van der Waals surface area contributed by atoms with E-state index in [1.54, 1.807) is 38.1 Å². The lowest BCUT2D eigenvalue weighted by Crippen LogP contribution is -2.36. The Labute approximate surface area is 107 Å². The van der Waals surface area contributed by atoms with E-state index in [9.17, 15) is 13.2 Å². The normalized spacial score (nSPS) is 11.3. The average Bonchev–Trinajstić information content (AvgIpc) is 2.29. The highest BCUT2D eigenvalue weighted by Gasteiger charge is 2.16. The second kappa shape index (κ2) is 6.39. The van der Waals surface area contributed by atoms with Crippen molar-refractivity contribution in [1.29, 1.82) is 0 Å². The monoisotopic (exact) mass is 271 g/mol. The molecule has 0 aromatic heterocycles. The van der Waals surface area contributed by atoms with Gasteiger partial charge in [-0.15, -0.1) is 0 Å². The Bertz CT molecular complexity index is 482. The summed E-state index contributed by atoms with van der Waals surface area (Å²) in [6.07, 6.45) is 0. The van der Waals surface area contributed by atoms with Crippen molar-refractivity contribution in [3.63, 3.8) is 0 Å². The lowest BCUT2D eigenvalue weighted by atomic mass is 10.2.